The molecular formula is C30H32N4. The number of nitrogens with zero attached hydrogens (tertiary/aromatic N) is 4. The Morgan fingerprint density at radius 3 is 2.26 bits per heavy atom. The lowest BCUT2D eigenvalue weighted by molar-refractivity contribution is 0.253. The van der Waals surface area contributed by atoms with Crippen molar-refractivity contribution in [2.75, 3.05) is 37.6 Å². The Balaban J connectivity index is 1.18. The molecule has 1 aliphatic heterocycles. The average Bonchev–Trinajstić information content (AvgIpc) is 3.24. The molecule has 0 saturated carbocycles. The van der Waals surface area contributed by atoms with Gasteiger partial charge in [0.1, 0.15) is 0 Å². The van der Waals surface area contributed by atoms with E-state index in [9.17, 15) is 5.26 Å². The van der Waals surface area contributed by atoms with E-state index in [4.69, 9.17) is 0 Å². The highest BCUT2D eigenvalue weighted by molar-refractivity contribution is 5.85. The van der Waals surface area contributed by atoms with Crippen LogP contribution in [0.1, 0.15) is 29.5 Å². The van der Waals surface area contributed by atoms with E-state index in [-0.39, 0.29) is 0 Å². The van der Waals surface area contributed by atoms with Crippen LogP contribution in [-0.2, 0) is 13.0 Å². The summed E-state index contributed by atoms with van der Waals surface area (Å²) in [5.74, 6) is 0. The normalized spacial score (nSPS) is 14.4. The number of hydrogen-bond acceptors (Lipinski definition) is 3. The second-order valence-electron chi connectivity index (χ2n) is 9.23. The van der Waals surface area contributed by atoms with Crippen molar-refractivity contribution in [3.8, 4) is 6.07 Å². The first-order valence-electron chi connectivity index (χ1n) is 12.4. The van der Waals surface area contributed by atoms with E-state index in [1.54, 1.807) is 0 Å². The summed E-state index contributed by atoms with van der Waals surface area (Å²) >= 11 is 0. The van der Waals surface area contributed by atoms with Gasteiger partial charge in [-0.3, -0.25) is 4.90 Å². The quantitative estimate of drug-likeness (QED) is 0.324. The summed E-state index contributed by atoms with van der Waals surface area (Å²) in [6.07, 6.45) is 5.73. The minimum Gasteiger partial charge on any atom is -0.369 e. The maximum absolute atomic E-state index is 9.41. The number of fused-ring (bicyclic) bond motifs is 1. The number of para-hydroxylation sites is 1. The Morgan fingerprint density at radius 2 is 1.53 bits per heavy atom. The number of benzene rings is 3. The maximum atomic E-state index is 9.41. The number of aromatic nitrogens is 1. The second-order valence-corrected chi connectivity index (χ2v) is 9.23. The first-order chi connectivity index (χ1) is 16.8. The Kier molecular flexibility index (Phi) is 6.93. The average molecular weight is 449 g/mol. The highest BCUT2D eigenvalue weighted by Gasteiger charge is 2.17. The van der Waals surface area contributed by atoms with Gasteiger partial charge in [0.25, 0.3) is 0 Å². The first-order valence-corrected chi connectivity index (χ1v) is 12.4. The van der Waals surface area contributed by atoms with Crippen molar-refractivity contribution in [2.24, 2.45) is 0 Å². The predicted molar refractivity (Wildman–Crippen MR) is 140 cm³/mol. The monoisotopic (exact) mass is 448 g/mol. The molecule has 0 aliphatic carbocycles. The summed E-state index contributed by atoms with van der Waals surface area (Å²) < 4.78 is 2.34. The van der Waals surface area contributed by atoms with Crippen LogP contribution in [-0.4, -0.2) is 42.2 Å². The molecule has 0 N–H and O–H groups in total. The van der Waals surface area contributed by atoms with Gasteiger partial charge in [-0.25, -0.2) is 0 Å². The number of rotatable bonds is 8. The largest absolute Gasteiger partial charge is 0.369 e. The maximum Gasteiger partial charge on any atom is 0.0991 e. The SMILES string of the molecule is N#Cc1ccc2c(c1)c(CCCCN1CCN(c3ccccc3)CC1)cn2Cc1ccccc1. The molecule has 4 nitrogen and oxygen atoms in total. The number of nitriles is 1. The van der Waals surface area contributed by atoms with Gasteiger partial charge < -0.3 is 9.47 Å². The van der Waals surface area contributed by atoms with Crippen LogP contribution in [0.3, 0.4) is 0 Å². The molecule has 0 unspecified atom stereocenters. The summed E-state index contributed by atoms with van der Waals surface area (Å²) in [5.41, 5.74) is 5.95. The summed E-state index contributed by atoms with van der Waals surface area (Å²) in [6, 6.07) is 29.8. The standard InChI is InChI=1S/C30H32N4/c31-22-26-14-15-30-29(21-26)27(24-34(30)23-25-9-3-1-4-10-25)11-7-8-16-32-17-19-33(20-18-32)28-12-5-2-6-13-28/h1-6,9-10,12-15,21,24H,7-8,11,16-20,23H2. The van der Waals surface area contributed by atoms with Crippen molar-refractivity contribution in [2.45, 2.75) is 25.8 Å². The van der Waals surface area contributed by atoms with Crippen LogP contribution >= 0.6 is 0 Å². The van der Waals surface area contributed by atoms with E-state index < -0.39 is 0 Å². The van der Waals surface area contributed by atoms with Gasteiger partial charge in [0, 0.05) is 55.5 Å². The summed E-state index contributed by atoms with van der Waals surface area (Å²) in [6.45, 7) is 6.50. The van der Waals surface area contributed by atoms with Gasteiger partial charge in [-0.1, -0.05) is 48.5 Å². The number of aryl methyl sites for hydroxylation is 1. The van der Waals surface area contributed by atoms with E-state index in [2.05, 4.69) is 99.4 Å². The molecule has 0 radical (unpaired) electrons. The fourth-order valence-electron chi connectivity index (χ4n) is 5.07. The zero-order valence-electron chi connectivity index (χ0n) is 19.7. The zero-order chi connectivity index (χ0) is 23.2. The molecular weight excluding hydrogens is 416 g/mol. The molecule has 0 bridgehead atoms. The Bertz CT molecular complexity index is 1250. The molecule has 172 valence electrons. The molecule has 4 aromatic rings. The number of unbranched alkanes of at least 4 members (excludes halogenated alkanes) is 1. The smallest absolute Gasteiger partial charge is 0.0991 e. The second kappa shape index (κ2) is 10.6. The van der Waals surface area contributed by atoms with Crippen LogP contribution in [0.4, 0.5) is 5.69 Å². The van der Waals surface area contributed by atoms with Crippen LogP contribution in [0.2, 0.25) is 0 Å². The molecule has 3 aromatic carbocycles. The van der Waals surface area contributed by atoms with Crippen molar-refractivity contribution in [1.82, 2.24) is 9.47 Å². The molecule has 0 amide bonds. The highest BCUT2D eigenvalue weighted by Crippen LogP contribution is 2.25. The Labute approximate surface area is 202 Å². The van der Waals surface area contributed by atoms with Crippen LogP contribution in [0.15, 0.2) is 85.1 Å². The van der Waals surface area contributed by atoms with E-state index in [0.717, 1.165) is 51.3 Å². The lowest BCUT2D eigenvalue weighted by Crippen LogP contribution is -2.46. The Morgan fingerprint density at radius 1 is 0.794 bits per heavy atom. The third-order valence-corrected chi connectivity index (χ3v) is 6.95. The highest BCUT2D eigenvalue weighted by atomic mass is 15.3. The van der Waals surface area contributed by atoms with Crippen molar-refractivity contribution in [1.29, 1.82) is 5.26 Å². The fourth-order valence-corrected chi connectivity index (χ4v) is 5.07. The van der Waals surface area contributed by atoms with Gasteiger partial charge in [0.15, 0.2) is 0 Å². The number of piperazine rings is 1. The molecule has 34 heavy (non-hydrogen) atoms. The van der Waals surface area contributed by atoms with Gasteiger partial charge in [-0.2, -0.15) is 5.26 Å². The van der Waals surface area contributed by atoms with Gasteiger partial charge in [-0.05, 0) is 67.3 Å². The summed E-state index contributed by atoms with van der Waals surface area (Å²) in [7, 11) is 0. The minimum atomic E-state index is 0.738. The Hall–Kier alpha value is -3.55. The van der Waals surface area contributed by atoms with Crippen molar-refractivity contribution < 1.29 is 0 Å². The number of hydrogen-bond donors (Lipinski definition) is 0. The van der Waals surface area contributed by atoms with E-state index in [1.165, 1.54) is 40.6 Å². The fraction of sp³-hybridized carbons (Fsp3) is 0.300. The van der Waals surface area contributed by atoms with Gasteiger partial charge in [0.2, 0.25) is 0 Å². The molecule has 1 saturated heterocycles. The minimum absolute atomic E-state index is 0.738. The van der Waals surface area contributed by atoms with E-state index in [1.807, 2.05) is 6.07 Å². The predicted octanol–water partition coefficient (Wildman–Crippen LogP) is 5.71. The first kappa shape index (κ1) is 22.3. The van der Waals surface area contributed by atoms with E-state index in [0.29, 0.717) is 0 Å². The van der Waals surface area contributed by atoms with Crippen LogP contribution in [0.25, 0.3) is 10.9 Å². The molecule has 2 heterocycles. The van der Waals surface area contributed by atoms with Crippen molar-refractivity contribution >= 4 is 16.6 Å². The molecule has 5 rings (SSSR count). The lowest BCUT2D eigenvalue weighted by Gasteiger charge is -2.36. The van der Waals surface area contributed by atoms with Gasteiger partial charge in [0.05, 0.1) is 11.6 Å². The number of anilines is 1. The lowest BCUT2D eigenvalue weighted by atomic mass is 10.0. The van der Waals surface area contributed by atoms with Crippen LogP contribution in [0.5, 0.6) is 0 Å². The molecule has 1 fully saturated rings. The molecule has 1 aromatic heterocycles. The van der Waals surface area contributed by atoms with Crippen LogP contribution in [0, 0.1) is 11.3 Å². The molecule has 1 aliphatic rings. The third kappa shape index (κ3) is 5.16. The van der Waals surface area contributed by atoms with Gasteiger partial charge in [-0.15, -0.1) is 0 Å². The van der Waals surface area contributed by atoms with Gasteiger partial charge >= 0.3 is 0 Å². The molecule has 0 spiro atoms. The van der Waals surface area contributed by atoms with E-state index >= 15 is 0 Å². The summed E-state index contributed by atoms with van der Waals surface area (Å²) in [5, 5.41) is 10.6. The summed E-state index contributed by atoms with van der Waals surface area (Å²) in [4.78, 5) is 5.09. The van der Waals surface area contributed by atoms with Crippen LogP contribution < -0.4 is 4.90 Å². The molecule has 0 atom stereocenters. The third-order valence-electron chi connectivity index (χ3n) is 6.95. The molecule has 4 heteroatoms. The van der Waals surface area contributed by atoms with Crippen molar-refractivity contribution in [3.05, 3.63) is 102 Å². The van der Waals surface area contributed by atoms with Crippen molar-refractivity contribution in [3.63, 3.8) is 0 Å². The topological polar surface area (TPSA) is 35.2 Å². The zero-order valence-corrected chi connectivity index (χ0v) is 19.7.